The average Bonchev–Trinajstić information content (AvgIpc) is 2.74. The van der Waals surface area contributed by atoms with E-state index in [0.29, 0.717) is 11.4 Å². The van der Waals surface area contributed by atoms with Crippen LogP contribution in [0, 0.1) is 12.7 Å². The van der Waals surface area contributed by atoms with E-state index in [1.54, 1.807) is 32.0 Å². The number of esters is 1. The van der Waals surface area contributed by atoms with Crippen LogP contribution < -0.4 is 0 Å². The first-order chi connectivity index (χ1) is 9.11. The molecule has 6 heteroatoms. The van der Waals surface area contributed by atoms with Crippen LogP contribution in [0.1, 0.15) is 28.9 Å². The van der Waals surface area contributed by atoms with Gasteiger partial charge in [-0.3, -0.25) is 0 Å². The minimum Gasteiger partial charge on any atom is -0.460 e. The quantitative estimate of drug-likeness (QED) is 0.791. The summed E-state index contributed by atoms with van der Waals surface area (Å²) in [6.07, 6.45) is 0. The Morgan fingerprint density at radius 1 is 1.42 bits per heavy atom. The van der Waals surface area contributed by atoms with E-state index in [2.05, 4.69) is 10.1 Å². The van der Waals surface area contributed by atoms with Crippen molar-refractivity contribution >= 4 is 5.97 Å². The molecular formula is C13H14FN3O2. The maximum Gasteiger partial charge on any atom is 0.376 e. The normalized spacial score (nSPS) is 10.5. The zero-order valence-electron chi connectivity index (χ0n) is 10.8. The number of rotatable bonds is 4. The molecular weight excluding hydrogens is 249 g/mol. The molecule has 2 aromatic rings. The molecule has 2 rings (SSSR count). The first kappa shape index (κ1) is 13.2. The Morgan fingerprint density at radius 3 is 2.84 bits per heavy atom. The van der Waals surface area contributed by atoms with Gasteiger partial charge in [0.05, 0.1) is 13.2 Å². The molecule has 19 heavy (non-hydrogen) atoms. The van der Waals surface area contributed by atoms with E-state index in [1.807, 2.05) is 0 Å². The molecule has 0 spiro atoms. The highest BCUT2D eigenvalue weighted by molar-refractivity contribution is 5.85. The smallest absolute Gasteiger partial charge is 0.376 e. The van der Waals surface area contributed by atoms with Gasteiger partial charge in [0.2, 0.25) is 5.82 Å². The van der Waals surface area contributed by atoms with Crippen molar-refractivity contribution in [2.45, 2.75) is 20.4 Å². The van der Waals surface area contributed by atoms with Crippen molar-refractivity contribution < 1.29 is 13.9 Å². The molecule has 0 aliphatic carbocycles. The Morgan fingerprint density at radius 2 is 2.16 bits per heavy atom. The van der Waals surface area contributed by atoms with Crippen LogP contribution in [0.25, 0.3) is 0 Å². The highest BCUT2D eigenvalue weighted by Gasteiger charge is 2.18. The van der Waals surface area contributed by atoms with Crippen molar-refractivity contribution in [3.05, 3.63) is 47.3 Å². The van der Waals surface area contributed by atoms with Crippen molar-refractivity contribution in [3.8, 4) is 0 Å². The van der Waals surface area contributed by atoms with Crippen LogP contribution in [0.5, 0.6) is 0 Å². The van der Waals surface area contributed by atoms with Crippen LogP contribution in [0.4, 0.5) is 4.39 Å². The summed E-state index contributed by atoms with van der Waals surface area (Å²) in [7, 11) is 0. The number of nitrogens with zero attached hydrogens (tertiary/aromatic N) is 3. The van der Waals surface area contributed by atoms with E-state index in [-0.39, 0.29) is 24.8 Å². The van der Waals surface area contributed by atoms with Crippen molar-refractivity contribution in [2.24, 2.45) is 0 Å². The van der Waals surface area contributed by atoms with Crippen molar-refractivity contribution in [2.75, 3.05) is 6.61 Å². The van der Waals surface area contributed by atoms with Crippen molar-refractivity contribution in [3.63, 3.8) is 0 Å². The minimum atomic E-state index is -0.556. The summed E-state index contributed by atoms with van der Waals surface area (Å²) in [5.74, 6) is -0.369. The van der Waals surface area contributed by atoms with Gasteiger partial charge < -0.3 is 4.74 Å². The first-order valence-electron chi connectivity index (χ1n) is 5.93. The van der Waals surface area contributed by atoms with Gasteiger partial charge in [-0.2, -0.15) is 5.10 Å². The average molecular weight is 263 g/mol. The maximum atomic E-state index is 13.6. The molecule has 0 aliphatic rings. The lowest BCUT2D eigenvalue weighted by Gasteiger charge is -2.06. The SMILES string of the molecule is CCOC(=O)c1nc(C)nn1Cc1ccccc1F. The number of aryl methyl sites for hydroxylation is 1. The number of hydrogen-bond acceptors (Lipinski definition) is 4. The molecule has 0 bridgehead atoms. The topological polar surface area (TPSA) is 57.0 Å². The fourth-order valence-electron chi connectivity index (χ4n) is 1.70. The van der Waals surface area contributed by atoms with Gasteiger partial charge >= 0.3 is 5.97 Å². The molecule has 1 aromatic heterocycles. The highest BCUT2D eigenvalue weighted by Crippen LogP contribution is 2.10. The second-order valence-corrected chi connectivity index (χ2v) is 3.95. The standard InChI is InChI=1S/C13H14FN3O2/c1-3-19-13(18)12-15-9(2)16-17(12)8-10-6-4-5-7-11(10)14/h4-7H,3,8H2,1-2H3. The van der Waals surface area contributed by atoms with E-state index in [0.717, 1.165) is 0 Å². The highest BCUT2D eigenvalue weighted by atomic mass is 19.1. The Kier molecular flexibility index (Phi) is 3.89. The number of aromatic nitrogens is 3. The first-order valence-corrected chi connectivity index (χ1v) is 5.93. The van der Waals surface area contributed by atoms with E-state index in [1.165, 1.54) is 10.7 Å². The summed E-state index contributed by atoms with van der Waals surface area (Å²) in [5, 5.41) is 4.09. The number of carbonyl (C=O) groups is 1. The molecule has 0 N–H and O–H groups in total. The van der Waals surface area contributed by atoms with Gasteiger partial charge in [-0.25, -0.2) is 18.9 Å². The molecule has 1 aromatic carbocycles. The minimum absolute atomic E-state index is 0.0857. The molecule has 100 valence electrons. The molecule has 0 amide bonds. The molecule has 0 atom stereocenters. The zero-order chi connectivity index (χ0) is 13.8. The van der Waals surface area contributed by atoms with Gasteiger partial charge in [0.15, 0.2) is 0 Å². The molecule has 0 unspecified atom stereocenters. The summed E-state index contributed by atoms with van der Waals surface area (Å²) >= 11 is 0. The number of carbonyl (C=O) groups excluding carboxylic acids is 1. The van der Waals surface area contributed by atoms with Crippen LogP contribution in [-0.4, -0.2) is 27.3 Å². The second kappa shape index (κ2) is 5.60. The second-order valence-electron chi connectivity index (χ2n) is 3.95. The predicted molar refractivity (Wildman–Crippen MR) is 66.2 cm³/mol. The Balaban J connectivity index is 2.30. The lowest BCUT2D eigenvalue weighted by atomic mass is 10.2. The number of hydrogen-bond donors (Lipinski definition) is 0. The van der Waals surface area contributed by atoms with E-state index < -0.39 is 5.97 Å². The fraction of sp³-hybridized carbons (Fsp3) is 0.308. The van der Waals surface area contributed by atoms with Crippen LogP contribution in [0.3, 0.4) is 0 Å². The number of benzene rings is 1. The van der Waals surface area contributed by atoms with Crippen LogP contribution >= 0.6 is 0 Å². The molecule has 0 aliphatic heterocycles. The van der Waals surface area contributed by atoms with E-state index >= 15 is 0 Å². The third-order valence-corrected chi connectivity index (χ3v) is 2.51. The van der Waals surface area contributed by atoms with Gasteiger partial charge in [-0.1, -0.05) is 18.2 Å². The van der Waals surface area contributed by atoms with Crippen molar-refractivity contribution in [1.82, 2.24) is 14.8 Å². The lowest BCUT2D eigenvalue weighted by molar-refractivity contribution is 0.0505. The summed E-state index contributed by atoms with van der Waals surface area (Å²) in [6.45, 7) is 3.77. The van der Waals surface area contributed by atoms with Crippen molar-refractivity contribution in [1.29, 1.82) is 0 Å². The van der Waals surface area contributed by atoms with Gasteiger partial charge in [0.25, 0.3) is 0 Å². The monoisotopic (exact) mass is 263 g/mol. The molecule has 0 saturated carbocycles. The van der Waals surface area contributed by atoms with Gasteiger partial charge in [0, 0.05) is 5.56 Å². The third-order valence-electron chi connectivity index (χ3n) is 2.51. The van der Waals surface area contributed by atoms with E-state index in [9.17, 15) is 9.18 Å². The number of halogens is 1. The summed E-state index contributed by atoms with van der Waals surface area (Å²) in [4.78, 5) is 15.7. The molecule has 0 saturated heterocycles. The molecule has 0 fully saturated rings. The van der Waals surface area contributed by atoms with Gasteiger partial charge in [-0.15, -0.1) is 0 Å². The zero-order valence-corrected chi connectivity index (χ0v) is 10.8. The molecule has 1 heterocycles. The largest absolute Gasteiger partial charge is 0.460 e. The Hall–Kier alpha value is -2.24. The Labute approximate surface area is 110 Å². The summed E-state index contributed by atoms with van der Waals surface area (Å²) < 4.78 is 19.8. The van der Waals surface area contributed by atoms with E-state index in [4.69, 9.17) is 4.74 Å². The lowest BCUT2D eigenvalue weighted by Crippen LogP contribution is -2.15. The van der Waals surface area contributed by atoms with Crippen LogP contribution in [0.2, 0.25) is 0 Å². The van der Waals surface area contributed by atoms with Crippen LogP contribution in [-0.2, 0) is 11.3 Å². The number of ether oxygens (including phenoxy) is 1. The summed E-state index contributed by atoms with van der Waals surface area (Å²) in [6, 6.07) is 6.34. The molecule has 0 radical (unpaired) electrons. The van der Waals surface area contributed by atoms with Crippen LogP contribution in [0.15, 0.2) is 24.3 Å². The van der Waals surface area contributed by atoms with Gasteiger partial charge in [0.1, 0.15) is 11.6 Å². The summed E-state index contributed by atoms with van der Waals surface area (Å²) in [5.41, 5.74) is 0.443. The van der Waals surface area contributed by atoms with Gasteiger partial charge in [-0.05, 0) is 19.9 Å². The molecule has 5 nitrogen and oxygen atoms in total. The predicted octanol–water partition coefficient (Wildman–Crippen LogP) is 1.95. The maximum absolute atomic E-state index is 13.6. The Bertz CT molecular complexity index is 595. The third kappa shape index (κ3) is 2.96. The fourth-order valence-corrected chi connectivity index (χ4v) is 1.70.